The molecule has 0 aromatic carbocycles. The summed E-state index contributed by atoms with van der Waals surface area (Å²) in [5.41, 5.74) is 0. The minimum Gasteiger partial charge on any atom is -0.392 e. The molecular weight excluding hydrogens is 160 g/mol. The fourth-order valence-corrected chi connectivity index (χ4v) is 2.97. The average Bonchev–Trinajstić information content (AvgIpc) is 2.36. The molecule has 1 N–H and O–H groups in total. The Morgan fingerprint density at radius 3 is 2.45 bits per heavy atom. The second-order valence-electron chi connectivity index (χ2n) is 4.01. The standard InChI is InChI=1S/C9H15ClO/c10-8-4-6-2-1-3-7(6)5-9(8)11/h6-9,11H,1-5H2/t6-,7?,8?,9?/m1/s1. The Morgan fingerprint density at radius 2 is 1.73 bits per heavy atom. The van der Waals surface area contributed by atoms with Crippen molar-refractivity contribution in [2.75, 3.05) is 0 Å². The molecule has 2 heteroatoms. The van der Waals surface area contributed by atoms with Gasteiger partial charge in [-0.05, 0) is 24.7 Å². The Morgan fingerprint density at radius 1 is 1.09 bits per heavy atom. The molecule has 4 atom stereocenters. The fourth-order valence-electron chi connectivity index (χ4n) is 2.64. The van der Waals surface area contributed by atoms with Gasteiger partial charge in [0.1, 0.15) is 0 Å². The van der Waals surface area contributed by atoms with Crippen molar-refractivity contribution in [3.63, 3.8) is 0 Å². The second-order valence-corrected chi connectivity index (χ2v) is 4.57. The number of hydrogen-bond acceptors (Lipinski definition) is 1. The van der Waals surface area contributed by atoms with Gasteiger partial charge in [0.25, 0.3) is 0 Å². The summed E-state index contributed by atoms with van der Waals surface area (Å²) in [5.74, 6) is 1.63. The minimum atomic E-state index is -0.226. The van der Waals surface area contributed by atoms with Gasteiger partial charge in [0.15, 0.2) is 0 Å². The highest BCUT2D eigenvalue weighted by atomic mass is 35.5. The lowest BCUT2D eigenvalue weighted by Gasteiger charge is -2.32. The SMILES string of the molecule is OC1CC2CCC[C@@H]2CC1Cl. The van der Waals surface area contributed by atoms with Crippen molar-refractivity contribution in [3.05, 3.63) is 0 Å². The molecule has 0 saturated heterocycles. The predicted molar refractivity (Wildman–Crippen MR) is 45.7 cm³/mol. The van der Waals surface area contributed by atoms with Crippen molar-refractivity contribution in [2.45, 2.75) is 43.6 Å². The average molecular weight is 175 g/mol. The van der Waals surface area contributed by atoms with E-state index in [1.165, 1.54) is 19.3 Å². The summed E-state index contributed by atoms with van der Waals surface area (Å²) in [6, 6.07) is 0. The van der Waals surface area contributed by atoms with Crippen LogP contribution in [-0.2, 0) is 0 Å². The number of hydrogen-bond donors (Lipinski definition) is 1. The van der Waals surface area contributed by atoms with Crippen LogP contribution in [0.5, 0.6) is 0 Å². The Hall–Kier alpha value is 0.250. The van der Waals surface area contributed by atoms with Crippen LogP contribution in [0.3, 0.4) is 0 Å². The van der Waals surface area contributed by atoms with Crippen LogP contribution in [0.25, 0.3) is 0 Å². The van der Waals surface area contributed by atoms with E-state index in [9.17, 15) is 5.11 Å². The van der Waals surface area contributed by atoms with Gasteiger partial charge in [-0.1, -0.05) is 19.3 Å². The predicted octanol–water partition coefficient (Wildman–Crippen LogP) is 2.16. The Balaban J connectivity index is 2.00. The van der Waals surface area contributed by atoms with Gasteiger partial charge in [0.2, 0.25) is 0 Å². The number of fused-ring (bicyclic) bond motifs is 1. The molecule has 2 aliphatic rings. The molecule has 2 saturated carbocycles. The lowest BCUT2D eigenvalue weighted by molar-refractivity contribution is 0.0848. The van der Waals surface area contributed by atoms with Crippen LogP contribution in [0.4, 0.5) is 0 Å². The van der Waals surface area contributed by atoms with E-state index in [-0.39, 0.29) is 11.5 Å². The number of alkyl halides is 1. The molecule has 64 valence electrons. The molecule has 2 aliphatic carbocycles. The Bertz CT molecular complexity index is 132. The summed E-state index contributed by atoms with van der Waals surface area (Å²) in [6.45, 7) is 0. The maximum absolute atomic E-state index is 9.49. The largest absolute Gasteiger partial charge is 0.392 e. The third kappa shape index (κ3) is 1.41. The van der Waals surface area contributed by atoms with E-state index in [0.29, 0.717) is 0 Å². The number of aliphatic hydroxyl groups is 1. The summed E-state index contributed by atoms with van der Waals surface area (Å²) >= 11 is 5.98. The van der Waals surface area contributed by atoms with Gasteiger partial charge >= 0.3 is 0 Å². The van der Waals surface area contributed by atoms with E-state index in [4.69, 9.17) is 11.6 Å². The van der Waals surface area contributed by atoms with Crippen LogP contribution >= 0.6 is 11.6 Å². The Labute approximate surface area is 72.7 Å². The lowest BCUT2D eigenvalue weighted by atomic mass is 9.80. The first-order valence-corrected chi connectivity index (χ1v) is 5.03. The highest BCUT2D eigenvalue weighted by molar-refractivity contribution is 6.21. The number of aliphatic hydroxyl groups excluding tert-OH is 1. The van der Waals surface area contributed by atoms with E-state index < -0.39 is 0 Å². The zero-order valence-corrected chi connectivity index (χ0v) is 7.43. The molecular formula is C9H15ClO. The molecule has 11 heavy (non-hydrogen) atoms. The maximum atomic E-state index is 9.49. The van der Waals surface area contributed by atoms with Crippen molar-refractivity contribution < 1.29 is 5.11 Å². The van der Waals surface area contributed by atoms with Crippen molar-refractivity contribution in [3.8, 4) is 0 Å². The van der Waals surface area contributed by atoms with Crippen molar-refractivity contribution in [1.29, 1.82) is 0 Å². The fraction of sp³-hybridized carbons (Fsp3) is 1.00. The van der Waals surface area contributed by atoms with Gasteiger partial charge in [-0.15, -0.1) is 11.6 Å². The maximum Gasteiger partial charge on any atom is 0.0706 e. The molecule has 2 rings (SSSR count). The monoisotopic (exact) mass is 174 g/mol. The van der Waals surface area contributed by atoms with Gasteiger partial charge in [-0.3, -0.25) is 0 Å². The molecule has 1 nitrogen and oxygen atoms in total. The van der Waals surface area contributed by atoms with Crippen LogP contribution in [0.2, 0.25) is 0 Å². The van der Waals surface area contributed by atoms with E-state index in [2.05, 4.69) is 0 Å². The van der Waals surface area contributed by atoms with Crippen LogP contribution < -0.4 is 0 Å². The number of rotatable bonds is 0. The molecule has 2 fully saturated rings. The summed E-state index contributed by atoms with van der Waals surface area (Å²) in [7, 11) is 0. The highest BCUT2D eigenvalue weighted by Crippen LogP contribution is 2.43. The molecule has 0 spiro atoms. The van der Waals surface area contributed by atoms with Crippen molar-refractivity contribution in [1.82, 2.24) is 0 Å². The molecule has 0 bridgehead atoms. The van der Waals surface area contributed by atoms with E-state index in [0.717, 1.165) is 24.7 Å². The van der Waals surface area contributed by atoms with E-state index >= 15 is 0 Å². The third-order valence-electron chi connectivity index (χ3n) is 3.31. The van der Waals surface area contributed by atoms with Crippen molar-refractivity contribution in [2.24, 2.45) is 11.8 Å². The molecule has 0 aromatic heterocycles. The third-order valence-corrected chi connectivity index (χ3v) is 3.78. The smallest absolute Gasteiger partial charge is 0.0706 e. The van der Waals surface area contributed by atoms with E-state index in [1.54, 1.807) is 0 Å². The van der Waals surface area contributed by atoms with Gasteiger partial charge in [-0.25, -0.2) is 0 Å². The summed E-state index contributed by atoms with van der Waals surface area (Å²) < 4.78 is 0. The summed E-state index contributed by atoms with van der Waals surface area (Å²) in [5, 5.41) is 9.53. The van der Waals surface area contributed by atoms with Gasteiger partial charge < -0.3 is 5.11 Å². The first kappa shape index (κ1) is 7.88. The Kier molecular flexibility index (Phi) is 2.11. The molecule has 0 heterocycles. The van der Waals surface area contributed by atoms with Gasteiger partial charge in [0, 0.05) is 0 Å². The molecule has 0 aliphatic heterocycles. The first-order chi connectivity index (χ1) is 5.27. The molecule has 0 radical (unpaired) electrons. The van der Waals surface area contributed by atoms with Crippen molar-refractivity contribution >= 4 is 11.6 Å². The van der Waals surface area contributed by atoms with Gasteiger partial charge in [0.05, 0.1) is 11.5 Å². The van der Waals surface area contributed by atoms with Crippen LogP contribution in [0.15, 0.2) is 0 Å². The quantitative estimate of drug-likeness (QED) is 0.558. The normalized spacial score (nSPS) is 50.7. The van der Waals surface area contributed by atoms with E-state index in [1.807, 2.05) is 0 Å². The molecule has 3 unspecified atom stereocenters. The highest BCUT2D eigenvalue weighted by Gasteiger charge is 2.37. The van der Waals surface area contributed by atoms with Crippen LogP contribution in [-0.4, -0.2) is 16.6 Å². The zero-order valence-electron chi connectivity index (χ0n) is 6.67. The van der Waals surface area contributed by atoms with Crippen LogP contribution in [0, 0.1) is 11.8 Å². The second kappa shape index (κ2) is 2.95. The molecule has 0 aromatic rings. The lowest BCUT2D eigenvalue weighted by Crippen LogP contribution is -2.33. The number of halogens is 1. The zero-order chi connectivity index (χ0) is 7.84. The molecule has 0 amide bonds. The van der Waals surface area contributed by atoms with Crippen LogP contribution in [0.1, 0.15) is 32.1 Å². The summed E-state index contributed by atoms with van der Waals surface area (Å²) in [4.78, 5) is 0. The topological polar surface area (TPSA) is 20.2 Å². The minimum absolute atomic E-state index is 0.0364. The van der Waals surface area contributed by atoms with Gasteiger partial charge in [-0.2, -0.15) is 0 Å². The first-order valence-electron chi connectivity index (χ1n) is 4.59. The summed E-state index contributed by atoms with van der Waals surface area (Å²) in [6.07, 6.45) is 5.81.